The summed E-state index contributed by atoms with van der Waals surface area (Å²) in [6, 6.07) is 12.1. The smallest absolute Gasteiger partial charge is 0.260 e. The molecule has 20 heavy (non-hydrogen) atoms. The summed E-state index contributed by atoms with van der Waals surface area (Å²) in [5.41, 5.74) is 8.44. The van der Waals surface area contributed by atoms with E-state index in [0.717, 1.165) is 12.1 Å². The lowest BCUT2D eigenvalue weighted by Gasteiger charge is -2.18. The van der Waals surface area contributed by atoms with Crippen LogP contribution in [0.15, 0.2) is 42.5 Å². The summed E-state index contributed by atoms with van der Waals surface area (Å²) in [5, 5.41) is 9.48. The molecule has 0 radical (unpaired) electrons. The van der Waals surface area contributed by atoms with Gasteiger partial charge >= 0.3 is 0 Å². The molecule has 0 bridgehead atoms. The Morgan fingerprint density at radius 2 is 1.85 bits per heavy atom. The Morgan fingerprint density at radius 3 is 2.45 bits per heavy atom. The number of aryl methyl sites for hydroxylation is 1. The number of benzene rings is 2. The lowest BCUT2D eigenvalue weighted by Crippen LogP contribution is -2.27. The third kappa shape index (κ3) is 2.74. The zero-order valence-corrected chi connectivity index (χ0v) is 11.6. The zero-order valence-electron chi connectivity index (χ0n) is 11.6. The first-order chi connectivity index (χ1) is 9.52. The lowest BCUT2D eigenvalue weighted by molar-refractivity contribution is 0.0993. The van der Waals surface area contributed by atoms with Crippen LogP contribution < -0.4 is 10.6 Å². The Labute approximate surface area is 118 Å². The van der Waals surface area contributed by atoms with Crippen molar-refractivity contribution in [2.45, 2.75) is 13.3 Å². The minimum atomic E-state index is -0.248. The maximum Gasteiger partial charge on any atom is 0.260 e. The topological polar surface area (TPSA) is 66.6 Å². The first-order valence-electron chi connectivity index (χ1n) is 6.48. The van der Waals surface area contributed by atoms with Crippen LogP contribution in [0.2, 0.25) is 0 Å². The molecular formula is C16H18N2O2. The predicted octanol–water partition coefficient (Wildman–Crippen LogP) is 2.81. The van der Waals surface area contributed by atoms with Crippen LogP contribution in [-0.4, -0.2) is 18.1 Å². The van der Waals surface area contributed by atoms with E-state index in [1.54, 1.807) is 7.05 Å². The number of anilines is 2. The van der Waals surface area contributed by atoms with Crippen LogP contribution >= 0.6 is 0 Å². The molecule has 0 fully saturated rings. The quantitative estimate of drug-likeness (QED) is 0.665. The van der Waals surface area contributed by atoms with E-state index >= 15 is 0 Å². The second-order valence-corrected chi connectivity index (χ2v) is 4.66. The van der Waals surface area contributed by atoms with E-state index in [9.17, 15) is 9.90 Å². The molecule has 0 aliphatic rings. The van der Waals surface area contributed by atoms with Crippen molar-refractivity contribution < 1.29 is 9.90 Å². The summed E-state index contributed by atoms with van der Waals surface area (Å²) in [6.07, 6.45) is 0.956. The summed E-state index contributed by atoms with van der Waals surface area (Å²) in [5.74, 6) is -0.222. The van der Waals surface area contributed by atoms with E-state index in [4.69, 9.17) is 5.73 Å². The lowest BCUT2D eigenvalue weighted by atomic mass is 10.1. The zero-order chi connectivity index (χ0) is 14.7. The molecule has 0 aliphatic heterocycles. The van der Waals surface area contributed by atoms with Crippen LogP contribution in [0.3, 0.4) is 0 Å². The van der Waals surface area contributed by atoms with Gasteiger partial charge in [-0.15, -0.1) is 0 Å². The standard InChI is InChI=1S/C16H18N2O2/c1-3-11-4-6-12(7-5-11)18(2)16(20)14-10-13(19)8-9-15(14)17/h4-10,19H,3,17H2,1-2H3. The Hall–Kier alpha value is -2.49. The van der Waals surface area contributed by atoms with Gasteiger partial charge in [0, 0.05) is 18.4 Å². The van der Waals surface area contributed by atoms with Gasteiger partial charge < -0.3 is 15.7 Å². The molecule has 0 atom stereocenters. The van der Waals surface area contributed by atoms with Gasteiger partial charge in [-0.05, 0) is 42.3 Å². The van der Waals surface area contributed by atoms with Gasteiger partial charge in [0.15, 0.2) is 0 Å². The van der Waals surface area contributed by atoms with Crippen molar-refractivity contribution in [1.82, 2.24) is 0 Å². The molecule has 1 amide bonds. The van der Waals surface area contributed by atoms with Crippen molar-refractivity contribution in [2.75, 3.05) is 17.7 Å². The molecule has 4 heteroatoms. The molecule has 4 nitrogen and oxygen atoms in total. The van der Waals surface area contributed by atoms with Crippen LogP contribution in [-0.2, 0) is 6.42 Å². The number of rotatable bonds is 3. The highest BCUT2D eigenvalue weighted by molar-refractivity contribution is 6.09. The first kappa shape index (κ1) is 13.9. The van der Waals surface area contributed by atoms with Gasteiger partial charge in [-0.2, -0.15) is 0 Å². The number of nitrogens with zero attached hydrogens (tertiary/aromatic N) is 1. The minimum Gasteiger partial charge on any atom is -0.508 e. The Balaban J connectivity index is 2.29. The maximum absolute atomic E-state index is 12.4. The number of carbonyl (C=O) groups is 1. The minimum absolute atomic E-state index is 0.0253. The fourth-order valence-electron chi connectivity index (χ4n) is 1.98. The molecule has 2 rings (SSSR count). The molecule has 0 aliphatic carbocycles. The molecule has 2 aromatic rings. The van der Waals surface area contributed by atoms with E-state index in [-0.39, 0.29) is 11.7 Å². The fourth-order valence-corrected chi connectivity index (χ4v) is 1.98. The number of nitrogens with two attached hydrogens (primary N) is 1. The van der Waals surface area contributed by atoms with Crippen molar-refractivity contribution in [3.8, 4) is 5.75 Å². The van der Waals surface area contributed by atoms with Gasteiger partial charge in [0.25, 0.3) is 5.91 Å². The van der Waals surface area contributed by atoms with Gasteiger partial charge in [0.1, 0.15) is 5.75 Å². The van der Waals surface area contributed by atoms with E-state index in [0.29, 0.717) is 11.3 Å². The highest BCUT2D eigenvalue weighted by Gasteiger charge is 2.16. The summed E-state index contributed by atoms with van der Waals surface area (Å²) in [4.78, 5) is 13.9. The van der Waals surface area contributed by atoms with Gasteiger partial charge in [0.2, 0.25) is 0 Å². The molecule has 2 aromatic carbocycles. The summed E-state index contributed by atoms with van der Waals surface area (Å²) in [6.45, 7) is 2.08. The molecule has 0 spiro atoms. The molecular weight excluding hydrogens is 252 g/mol. The van der Waals surface area contributed by atoms with Gasteiger partial charge in [0.05, 0.1) is 5.56 Å². The van der Waals surface area contributed by atoms with Crippen LogP contribution in [0.25, 0.3) is 0 Å². The van der Waals surface area contributed by atoms with Crippen molar-refractivity contribution >= 4 is 17.3 Å². The Bertz CT molecular complexity index is 621. The second kappa shape index (κ2) is 5.65. The van der Waals surface area contributed by atoms with Gasteiger partial charge in [-0.3, -0.25) is 4.79 Å². The second-order valence-electron chi connectivity index (χ2n) is 4.66. The van der Waals surface area contributed by atoms with Crippen LogP contribution in [0.5, 0.6) is 5.75 Å². The largest absolute Gasteiger partial charge is 0.508 e. The number of nitrogen functional groups attached to an aromatic ring is 1. The summed E-state index contributed by atoms with van der Waals surface area (Å²) in [7, 11) is 1.69. The number of hydrogen-bond donors (Lipinski definition) is 2. The molecule has 0 heterocycles. The van der Waals surface area contributed by atoms with Crippen molar-refractivity contribution in [3.05, 3.63) is 53.6 Å². The summed E-state index contributed by atoms with van der Waals surface area (Å²) < 4.78 is 0. The number of phenolic OH excluding ortho intramolecular Hbond substituents is 1. The van der Waals surface area contributed by atoms with E-state index < -0.39 is 0 Å². The Morgan fingerprint density at radius 1 is 1.20 bits per heavy atom. The molecule has 3 N–H and O–H groups in total. The van der Waals surface area contributed by atoms with Crippen LogP contribution in [0.1, 0.15) is 22.8 Å². The van der Waals surface area contributed by atoms with E-state index in [2.05, 4.69) is 6.92 Å². The summed E-state index contributed by atoms with van der Waals surface area (Å²) >= 11 is 0. The first-order valence-corrected chi connectivity index (χ1v) is 6.48. The van der Waals surface area contributed by atoms with Crippen molar-refractivity contribution in [1.29, 1.82) is 0 Å². The third-order valence-corrected chi connectivity index (χ3v) is 3.30. The van der Waals surface area contributed by atoms with Crippen molar-refractivity contribution in [2.24, 2.45) is 0 Å². The SMILES string of the molecule is CCc1ccc(N(C)C(=O)c2cc(O)ccc2N)cc1. The molecule has 0 saturated carbocycles. The van der Waals surface area contributed by atoms with Gasteiger partial charge in [-0.1, -0.05) is 19.1 Å². The fraction of sp³-hybridized carbons (Fsp3) is 0.188. The number of aromatic hydroxyl groups is 1. The Kier molecular flexibility index (Phi) is 3.94. The highest BCUT2D eigenvalue weighted by atomic mass is 16.3. The number of phenols is 1. The van der Waals surface area contributed by atoms with Crippen molar-refractivity contribution in [3.63, 3.8) is 0 Å². The molecule has 0 aromatic heterocycles. The van der Waals surface area contributed by atoms with E-state index in [1.807, 2.05) is 24.3 Å². The van der Waals surface area contributed by atoms with Gasteiger partial charge in [-0.25, -0.2) is 0 Å². The molecule has 0 saturated heterocycles. The number of carbonyl (C=O) groups excluding carboxylic acids is 1. The molecule has 104 valence electrons. The number of hydrogen-bond acceptors (Lipinski definition) is 3. The van der Waals surface area contributed by atoms with Crippen LogP contribution in [0.4, 0.5) is 11.4 Å². The van der Waals surface area contributed by atoms with E-state index in [1.165, 1.54) is 28.7 Å². The highest BCUT2D eigenvalue weighted by Crippen LogP contribution is 2.23. The average molecular weight is 270 g/mol. The predicted molar refractivity (Wildman–Crippen MR) is 81.1 cm³/mol. The maximum atomic E-state index is 12.4. The average Bonchev–Trinajstić information content (AvgIpc) is 2.48. The molecule has 0 unspecified atom stereocenters. The monoisotopic (exact) mass is 270 g/mol. The third-order valence-electron chi connectivity index (χ3n) is 3.30. The van der Waals surface area contributed by atoms with Crippen LogP contribution in [0, 0.1) is 0 Å². The number of amides is 1. The normalized spacial score (nSPS) is 10.3.